The molecule has 0 fully saturated rings. The molecule has 1 aliphatic rings. The topological polar surface area (TPSA) is 68.3 Å². The summed E-state index contributed by atoms with van der Waals surface area (Å²) in [5.74, 6) is 0.817. The molecule has 2 aromatic carbocycles. The van der Waals surface area contributed by atoms with Crippen molar-refractivity contribution in [2.75, 3.05) is 13.2 Å². The summed E-state index contributed by atoms with van der Waals surface area (Å²) in [6.45, 7) is 1.21. The van der Waals surface area contributed by atoms with Gasteiger partial charge in [-0.05, 0) is 41.8 Å². The standard InChI is InChI=1S/C17H18N2O2/c18-17(19)13-5-7-14(8-6-13)21-11-16-15-4-2-1-3-12(15)9-10-20-16/h1-8,16H,9-11H2,(H3,18,19). The predicted octanol–water partition coefficient (Wildman–Crippen LogP) is 2.66. The van der Waals surface area contributed by atoms with Crippen LogP contribution in [0.1, 0.15) is 22.8 Å². The molecule has 4 heteroatoms. The number of nitrogens with one attached hydrogen (secondary N) is 1. The SMILES string of the molecule is N=C(N)c1ccc(OCC2OCCc3ccccc32)cc1. The van der Waals surface area contributed by atoms with Gasteiger partial charge in [0.25, 0.3) is 0 Å². The predicted molar refractivity (Wildman–Crippen MR) is 81.8 cm³/mol. The van der Waals surface area contributed by atoms with Crippen LogP contribution >= 0.6 is 0 Å². The lowest BCUT2D eigenvalue weighted by Crippen LogP contribution is -2.21. The minimum absolute atomic E-state index is 0.0255. The van der Waals surface area contributed by atoms with Gasteiger partial charge in [-0.3, -0.25) is 5.41 Å². The summed E-state index contributed by atoms with van der Waals surface area (Å²) < 4.78 is 11.6. The van der Waals surface area contributed by atoms with E-state index in [0.717, 1.165) is 18.8 Å². The lowest BCUT2D eigenvalue weighted by Gasteiger charge is -2.26. The summed E-state index contributed by atoms with van der Waals surface area (Å²) in [7, 11) is 0. The fourth-order valence-electron chi connectivity index (χ4n) is 2.52. The van der Waals surface area contributed by atoms with Crippen LogP contribution in [0.25, 0.3) is 0 Å². The second kappa shape index (κ2) is 5.97. The van der Waals surface area contributed by atoms with Crippen LogP contribution in [0.5, 0.6) is 5.75 Å². The van der Waals surface area contributed by atoms with Crippen molar-refractivity contribution in [1.82, 2.24) is 0 Å². The number of nitrogens with two attached hydrogens (primary N) is 1. The summed E-state index contributed by atoms with van der Waals surface area (Å²) in [5.41, 5.74) is 8.68. The van der Waals surface area contributed by atoms with Crippen LogP contribution in [0.15, 0.2) is 48.5 Å². The molecule has 0 amide bonds. The molecule has 1 atom stereocenters. The highest BCUT2D eigenvalue weighted by Crippen LogP contribution is 2.27. The van der Waals surface area contributed by atoms with Crippen molar-refractivity contribution >= 4 is 5.84 Å². The second-order valence-corrected chi connectivity index (χ2v) is 5.06. The van der Waals surface area contributed by atoms with E-state index in [1.807, 2.05) is 18.2 Å². The number of nitrogen functional groups attached to an aromatic ring is 1. The van der Waals surface area contributed by atoms with E-state index in [-0.39, 0.29) is 11.9 Å². The zero-order valence-corrected chi connectivity index (χ0v) is 11.7. The third-order valence-corrected chi connectivity index (χ3v) is 3.66. The highest BCUT2D eigenvalue weighted by Gasteiger charge is 2.20. The number of fused-ring (bicyclic) bond motifs is 1. The van der Waals surface area contributed by atoms with Crippen LogP contribution in [0.2, 0.25) is 0 Å². The van der Waals surface area contributed by atoms with Crippen LogP contribution in [-0.2, 0) is 11.2 Å². The number of rotatable bonds is 4. The fraction of sp³-hybridized carbons (Fsp3) is 0.235. The molecule has 1 heterocycles. The molecule has 1 unspecified atom stereocenters. The molecule has 0 aromatic heterocycles. The van der Waals surface area contributed by atoms with E-state index >= 15 is 0 Å². The zero-order chi connectivity index (χ0) is 14.7. The molecule has 0 aliphatic carbocycles. The van der Waals surface area contributed by atoms with Crippen molar-refractivity contribution in [3.63, 3.8) is 0 Å². The van der Waals surface area contributed by atoms with Crippen LogP contribution < -0.4 is 10.5 Å². The smallest absolute Gasteiger partial charge is 0.122 e. The van der Waals surface area contributed by atoms with Crippen LogP contribution in [0.4, 0.5) is 0 Å². The van der Waals surface area contributed by atoms with Gasteiger partial charge in [-0.15, -0.1) is 0 Å². The second-order valence-electron chi connectivity index (χ2n) is 5.06. The summed E-state index contributed by atoms with van der Waals surface area (Å²) in [5, 5.41) is 7.37. The van der Waals surface area contributed by atoms with Crippen molar-refractivity contribution < 1.29 is 9.47 Å². The van der Waals surface area contributed by atoms with Gasteiger partial charge in [0.15, 0.2) is 0 Å². The summed E-state index contributed by atoms with van der Waals surface area (Å²) >= 11 is 0. The van der Waals surface area contributed by atoms with Gasteiger partial charge < -0.3 is 15.2 Å². The maximum Gasteiger partial charge on any atom is 0.122 e. The number of benzene rings is 2. The van der Waals surface area contributed by atoms with Gasteiger partial charge in [0.1, 0.15) is 24.3 Å². The van der Waals surface area contributed by atoms with E-state index in [1.165, 1.54) is 11.1 Å². The number of ether oxygens (including phenoxy) is 2. The Kier molecular flexibility index (Phi) is 3.88. The Morgan fingerprint density at radius 2 is 1.95 bits per heavy atom. The van der Waals surface area contributed by atoms with E-state index in [2.05, 4.69) is 18.2 Å². The zero-order valence-electron chi connectivity index (χ0n) is 11.7. The summed E-state index contributed by atoms with van der Waals surface area (Å²) in [6.07, 6.45) is 0.933. The quantitative estimate of drug-likeness (QED) is 0.669. The molecule has 1 aliphatic heterocycles. The van der Waals surface area contributed by atoms with Crippen molar-refractivity contribution in [3.05, 3.63) is 65.2 Å². The highest BCUT2D eigenvalue weighted by molar-refractivity contribution is 5.94. The van der Waals surface area contributed by atoms with Gasteiger partial charge in [0, 0.05) is 5.56 Å². The third kappa shape index (κ3) is 3.06. The average molecular weight is 282 g/mol. The first kappa shape index (κ1) is 13.6. The minimum atomic E-state index is -0.0255. The van der Waals surface area contributed by atoms with Gasteiger partial charge in [0.05, 0.1) is 6.61 Å². The van der Waals surface area contributed by atoms with Crippen molar-refractivity contribution in [1.29, 1.82) is 5.41 Å². The molecule has 0 radical (unpaired) electrons. The molecule has 3 rings (SSSR count). The van der Waals surface area contributed by atoms with Crippen LogP contribution in [0, 0.1) is 5.41 Å². The summed E-state index contributed by atoms with van der Waals surface area (Å²) in [4.78, 5) is 0. The molecule has 0 spiro atoms. The minimum Gasteiger partial charge on any atom is -0.491 e. The third-order valence-electron chi connectivity index (χ3n) is 3.66. The lowest BCUT2D eigenvalue weighted by atomic mass is 9.98. The van der Waals surface area contributed by atoms with Gasteiger partial charge in [-0.25, -0.2) is 0 Å². The van der Waals surface area contributed by atoms with Gasteiger partial charge in [0.2, 0.25) is 0 Å². The Balaban J connectivity index is 1.67. The molecular formula is C17H18N2O2. The molecule has 0 saturated heterocycles. The molecule has 4 nitrogen and oxygen atoms in total. The van der Waals surface area contributed by atoms with E-state index < -0.39 is 0 Å². The Morgan fingerprint density at radius 3 is 2.71 bits per heavy atom. The normalized spacial score (nSPS) is 17.0. The maximum atomic E-state index is 7.37. The van der Waals surface area contributed by atoms with Gasteiger partial charge >= 0.3 is 0 Å². The Hall–Kier alpha value is -2.33. The first-order valence-electron chi connectivity index (χ1n) is 7.01. The van der Waals surface area contributed by atoms with Gasteiger partial charge in [-0.1, -0.05) is 24.3 Å². The fourth-order valence-corrected chi connectivity index (χ4v) is 2.52. The maximum absolute atomic E-state index is 7.37. The van der Waals surface area contributed by atoms with Crippen LogP contribution in [-0.4, -0.2) is 19.0 Å². The molecular weight excluding hydrogens is 264 g/mol. The number of amidine groups is 1. The van der Waals surface area contributed by atoms with Crippen molar-refractivity contribution in [2.45, 2.75) is 12.5 Å². The molecule has 0 bridgehead atoms. The molecule has 108 valence electrons. The Labute approximate surface area is 124 Å². The first-order chi connectivity index (χ1) is 10.2. The van der Waals surface area contributed by atoms with E-state index in [1.54, 1.807) is 12.1 Å². The largest absolute Gasteiger partial charge is 0.491 e. The average Bonchev–Trinajstić information content (AvgIpc) is 2.53. The van der Waals surface area contributed by atoms with Crippen molar-refractivity contribution in [3.8, 4) is 5.75 Å². The summed E-state index contributed by atoms with van der Waals surface area (Å²) in [6, 6.07) is 15.6. The number of hydrogen-bond donors (Lipinski definition) is 2. The van der Waals surface area contributed by atoms with Crippen LogP contribution in [0.3, 0.4) is 0 Å². The Morgan fingerprint density at radius 1 is 1.19 bits per heavy atom. The van der Waals surface area contributed by atoms with Gasteiger partial charge in [-0.2, -0.15) is 0 Å². The molecule has 3 N–H and O–H groups in total. The Bertz CT molecular complexity index is 637. The van der Waals surface area contributed by atoms with Crippen molar-refractivity contribution in [2.24, 2.45) is 5.73 Å². The molecule has 21 heavy (non-hydrogen) atoms. The van der Waals surface area contributed by atoms with E-state index in [4.69, 9.17) is 20.6 Å². The van der Waals surface area contributed by atoms with E-state index in [0.29, 0.717) is 12.2 Å². The first-order valence-corrected chi connectivity index (χ1v) is 7.01. The number of hydrogen-bond acceptors (Lipinski definition) is 3. The molecule has 0 saturated carbocycles. The molecule has 2 aromatic rings. The monoisotopic (exact) mass is 282 g/mol. The lowest BCUT2D eigenvalue weighted by molar-refractivity contribution is 0.0102. The highest BCUT2D eigenvalue weighted by atomic mass is 16.5. The van der Waals surface area contributed by atoms with E-state index in [9.17, 15) is 0 Å².